The Bertz CT molecular complexity index is 829. The zero-order chi connectivity index (χ0) is 17.6. The molecule has 0 aliphatic carbocycles. The molecule has 0 heterocycles. The van der Waals surface area contributed by atoms with Crippen LogP contribution in [0.2, 0.25) is 0 Å². The van der Waals surface area contributed by atoms with E-state index < -0.39 is 15.6 Å². The molecule has 0 saturated heterocycles. The molecule has 0 aliphatic rings. The second-order valence-electron chi connectivity index (χ2n) is 5.69. The molecular weight excluding hydrogens is 324 g/mol. The minimum Gasteiger partial charge on any atom is -0.495 e. The summed E-state index contributed by atoms with van der Waals surface area (Å²) in [4.78, 5) is 0.0219. The van der Waals surface area contributed by atoms with Gasteiger partial charge < -0.3 is 4.74 Å². The highest BCUT2D eigenvalue weighted by Gasteiger charge is 2.31. The summed E-state index contributed by atoms with van der Waals surface area (Å²) in [6.07, 6.45) is 0.960. The van der Waals surface area contributed by atoms with Crippen LogP contribution in [0.15, 0.2) is 59.5 Å². The third kappa shape index (κ3) is 4.34. The summed E-state index contributed by atoms with van der Waals surface area (Å²) in [7, 11) is -2.46. The number of rotatable bonds is 7. The standard InChI is InChI=1S/C18H20N2O3S/c1-18(14-19,13-12-15-8-4-3-5-9-15)20-24(21,22)17-11-7-6-10-16(17)23-2/h3-11,20H,12-13H2,1-2H3. The summed E-state index contributed by atoms with van der Waals surface area (Å²) < 4.78 is 32.9. The Morgan fingerprint density at radius 2 is 1.75 bits per heavy atom. The number of nitriles is 1. The molecule has 0 spiro atoms. The number of sulfonamides is 1. The van der Waals surface area contributed by atoms with Crippen molar-refractivity contribution in [3.8, 4) is 11.8 Å². The molecule has 1 atom stereocenters. The van der Waals surface area contributed by atoms with Crippen LogP contribution in [0.4, 0.5) is 0 Å². The topological polar surface area (TPSA) is 79.2 Å². The van der Waals surface area contributed by atoms with Crippen molar-refractivity contribution in [2.45, 2.75) is 30.2 Å². The van der Waals surface area contributed by atoms with Crippen molar-refractivity contribution in [2.75, 3.05) is 7.11 Å². The van der Waals surface area contributed by atoms with Crippen LogP contribution in [0, 0.1) is 11.3 Å². The molecule has 6 heteroatoms. The van der Waals surface area contributed by atoms with E-state index in [4.69, 9.17) is 4.74 Å². The Hall–Kier alpha value is -2.36. The van der Waals surface area contributed by atoms with Crippen LogP contribution < -0.4 is 9.46 Å². The lowest BCUT2D eigenvalue weighted by Crippen LogP contribution is -2.45. The highest BCUT2D eigenvalue weighted by Crippen LogP contribution is 2.25. The molecule has 2 aromatic carbocycles. The third-order valence-corrected chi connectivity index (χ3v) is 5.36. The summed E-state index contributed by atoms with van der Waals surface area (Å²) in [6, 6.07) is 18.1. The molecule has 0 fully saturated rings. The number of methoxy groups -OCH3 is 1. The molecule has 24 heavy (non-hydrogen) atoms. The zero-order valence-electron chi connectivity index (χ0n) is 13.7. The van der Waals surface area contributed by atoms with Crippen molar-refractivity contribution in [3.05, 3.63) is 60.2 Å². The van der Waals surface area contributed by atoms with Crippen LogP contribution in [-0.4, -0.2) is 21.1 Å². The van der Waals surface area contributed by atoms with Crippen molar-refractivity contribution in [2.24, 2.45) is 0 Å². The van der Waals surface area contributed by atoms with Gasteiger partial charge in [0, 0.05) is 0 Å². The van der Waals surface area contributed by atoms with Crippen LogP contribution in [0.3, 0.4) is 0 Å². The lowest BCUT2D eigenvalue weighted by molar-refractivity contribution is 0.401. The molecule has 0 bridgehead atoms. The molecule has 1 unspecified atom stereocenters. The van der Waals surface area contributed by atoms with Gasteiger partial charge in [-0.1, -0.05) is 42.5 Å². The van der Waals surface area contributed by atoms with E-state index in [2.05, 4.69) is 10.8 Å². The molecule has 0 saturated carbocycles. The Labute approximate surface area is 142 Å². The van der Waals surface area contributed by atoms with Crippen molar-refractivity contribution < 1.29 is 13.2 Å². The first-order valence-electron chi connectivity index (χ1n) is 7.52. The maximum absolute atomic E-state index is 12.7. The molecular formula is C18H20N2O3S. The second-order valence-corrected chi connectivity index (χ2v) is 7.34. The van der Waals surface area contributed by atoms with Gasteiger partial charge in [-0.05, 0) is 37.5 Å². The average Bonchev–Trinajstić information content (AvgIpc) is 2.60. The molecule has 0 radical (unpaired) electrons. The third-order valence-electron chi connectivity index (χ3n) is 3.72. The van der Waals surface area contributed by atoms with Crippen LogP contribution in [0.5, 0.6) is 5.75 Å². The lowest BCUT2D eigenvalue weighted by Gasteiger charge is -2.23. The summed E-state index contributed by atoms with van der Waals surface area (Å²) in [5.41, 5.74) is -0.161. The van der Waals surface area contributed by atoms with Crippen molar-refractivity contribution in [1.29, 1.82) is 5.26 Å². The quantitative estimate of drug-likeness (QED) is 0.837. The van der Waals surface area contributed by atoms with Gasteiger partial charge in [-0.3, -0.25) is 0 Å². The molecule has 2 aromatic rings. The van der Waals surface area contributed by atoms with Gasteiger partial charge in [0.2, 0.25) is 10.0 Å². The normalized spacial score (nSPS) is 13.7. The van der Waals surface area contributed by atoms with E-state index in [0.29, 0.717) is 12.8 Å². The molecule has 5 nitrogen and oxygen atoms in total. The van der Waals surface area contributed by atoms with E-state index in [1.165, 1.54) is 13.2 Å². The van der Waals surface area contributed by atoms with Crippen LogP contribution in [0.25, 0.3) is 0 Å². The number of aryl methyl sites for hydroxylation is 1. The van der Waals surface area contributed by atoms with Gasteiger partial charge in [-0.25, -0.2) is 8.42 Å². The van der Waals surface area contributed by atoms with Crippen LogP contribution in [-0.2, 0) is 16.4 Å². The first-order valence-corrected chi connectivity index (χ1v) is 9.01. The zero-order valence-corrected chi connectivity index (χ0v) is 14.5. The number of nitrogens with one attached hydrogen (secondary N) is 1. The summed E-state index contributed by atoms with van der Waals surface area (Å²) >= 11 is 0. The maximum Gasteiger partial charge on any atom is 0.245 e. The minimum atomic E-state index is -3.87. The van der Waals surface area contributed by atoms with E-state index in [-0.39, 0.29) is 10.6 Å². The van der Waals surface area contributed by atoms with Crippen molar-refractivity contribution in [1.82, 2.24) is 4.72 Å². The highest BCUT2D eigenvalue weighted by molar-refractivity contribution is 7.89. The first-order chi connectivity index (χ1) is 11.4. The van der Waals surface area contributed by atoms with E-state index in [1.807, 2.05) is 30.3 Å². The predicted molar refractivity (Wildman–Crippen MR) is 92.1 cm³/mol. The smallest absolute Gasteiger partial charge is 0.245 e. The fourth-order valence-corrected chi connectivity index (χ4v) is 3.89. The largest absolute Gasteiger partial charge is 0.495 e. The number of para-hydroxylation sites is 1. The molecule has 1 N–H and O–H groups in total. The number of hydrogen-bond donors (Lipinski definition) is 1. The monoisotopic (exact) mass is 344 g/mol. The minimum absolute atomic E-state index is 0.0219. The van der Waals surface area contributed by atoms with E-state index in [0.717, 1.165) is 5.56 Å². The lowest BCUT2D eigenvalue weighted by atomic mass is 9.96. The van der Waals surface area contributed by atoms with Crippen LogP contribution in [0.1, 0.15) is 18.9 Å². The van der Waals surface area contributed by atoms with Gasteiger partial charge in [-0.2, -0.15) is 9.98 Å². The SMILES string of the molecule is COc1ccccc1S(=O)(=O)NC(C)(C#N)CCc1ccccc1. The highest BCUT2D eigenvalue weighted by atomic mass is 32.2. The van der Waals surface area contributed by atoms with Gasteiger partial charge in [-0.15, -0.1) is 0 Å². The molecule has 126 valence electrons. The van der Waals surface area contributed by atoms with E-state index in [9.17, 15) is 13.7 Å². The van der Waals surface area contributed by atoms with Gasteiger partial charge in [0.1, 0.15) is 16.2 Å². The number of nitrogens with zero attached hydrogens (tertiary/aromatic N) is 1. The summed E-state index contributed by atoms with van der Waals surface area (Å²) in [5, 5.41) is 9.49. The molecule has 0 aliphatic heterocycles. The van der Waals surface area contributed by atoms with Gasteiger partial charge in [0.25, 0.3) is 0 Å². The fourth-order valence-electron chi connectivity index (χ4n) is 2.36. The summed E-state index contributed by atoms with van der Waals surface area (Å²) in [6.45, 7) is 1.59. The van der Waals surface area contributed by atoms with E-state index in [1.54, 1.807) is 25.1 Å². The van der Waals surface area contributed by atoms with Gasteiger partial charge in [0.05, 0.1) is 13.2 Å². The fraction of sp³-hybridized carbons (Fsp3) is 0.278. The Balaban J connectivity index is 2.20. The first kappa shape index (κ1) is 18.0. The predicted octanol–water partition coefficient (Wildman–Crippen LogP) is 2.89. The maximum atomic E-state index is 12.7. The summed E-state index contributed by atoms with van der Waals surface area (Å²) in [5.74, 6) is 0.244. The van der Waals surface area contributed by atoms with Crippen molar-refractivity contribution >= 4 is 10.0 Å². The Morgan fingerprint density at radius 3 is 2.38 bits per heavy atom. The number of hydrogen-bond acceptors (Lipinski definition) is 4. The van der Waals surface area contributed by atoms with Gasteiger partial charge in [0.15, 0.2) is 0 Å². The number of benzene rings is 2. The van der Waals surface area contributed by atoms with E-state index >= 15 is 0 Å². The van der Waals surface area contributed by atoms with Crippen LogP contribution >= 0.6 is 0 Å². The molecule has 0 aromatic heterocycles. The molecule has 0 amide bonds. The Morgan fingerprint density at radius 1 is 1.12 bits per heavy atom. The molecule has 2 rings (SSSR count). The van der Waals surface area contributed by atoms with Gasteiger partial charge >= 0.3 is 0 Å². The van der Waals surface area contributed by atoms with Crippen molar-refractivity contribution in [3.63, 3.8) is 0 Å². The second kappa shape index (κ2) is 7.47. The Kier molecular flexibility index (Phi) is 5.60. The number of ether oxygens (including phenoxy) is 1. The average molecular weight is 344 g/mol.